The standard InChI is InChI=1S/C23H26N4S/c1-14-10-19(12-20(24)11-14)15(2)25-23-21-13-18(17-6-8-28-9-7-17)4-5-22(21)26-16(3)27-23/h4-6,10-13,15H,7-9,24H2,1-3H3,(H,25,26,27)/t15-/m1/s1. The van der Waals surface area contributed by atoms with E-state index in [1.807, 2.05) is 30.8 Å². The number of thioether (sulfide) groups is 1. The molecule has 5 heteroatoms. The minimum atomic E-state index is 0.0913. The molecular weight excluding hydrogens is 364 g/mol. The molecule has 0 saturated heterocycles. The van der Waals surface area contributed by atoms with E-state index >= 15 is 0 Å². The second kappa shape index (κ2) is 7.84. The normalized spacial score (nSPS) is 15.3. The van der Waals surface area contributed by atoms with Crippen LogP contribution in [-0.4, -0.2) is 21.5 Å². The second-order valence-electron chi connectivity index (χ2n) is 7.45. The third kappa shape index (κ3) is 3.99. The van der Waals surface area contributed by atoms with E-state index in [9.17, 15) is 0 Å². The third-order valence-corrected chi connectivity index (χ3v) is 6.01. The van der Waals surface area contributed by atoms with Crippen molar-refractivity contribution >= 4 is 39.7 Å². The fraction of sp³-hybridized carbons (Fsp3) is 0.304. The van der Waals surface area contributed by atoms with Gasteiger partial charge in [-0.15, -0.1) is 0 Å². The minimum absolute atomic E-state index is 0.0913. The molecule has 0 aliphatic carbocycles. The number of aromatic nitrogens is 2. The van der Waals surface area contributed by atoms with Gasteiger partial charge in [0.05, 0.1) is 11.6 Å². The SMILES string of the molecule is Cc1cc(N)cc([C@@H](C)Nc2nc(C)nc3ccc(C4=CCSCC4)cc23)c1. The summed E-state index contributed by atoms with van der Waals surface area (Å²) in [5, 5.41) is 4.66. The fourth-order valence-corrected chi connectivity index (χ4v) is 4.58. The number of nitrogens with two attached hydrogens (primary N) is 1. The summed E-state index contributed by atoms with van der Waals surface area (Å²) in [4.78, 5) is 9.36. The number of fused-ring (bicyclic) bond motifs is 1. The Balaban J connectivity index is 1.73. The largest absolute Gasteiger partial charge is 0.399 e. The molecule has 28 heavy (non-hydrogen) atoms. The van der Waals surface area contributed by atoms with Gasteiger partial charge < -0.3 is 11.1 Å². The first-order valence-electron chi connectivity index (χ1n) is 9.69. The third-order valence-electron chi connectivity index (χ3n) is 5.12. The number of rotatable bonds is 4. The van der Waals surface area contributed by atoms with Crippen LogP contribution in [0.3, 0.4) is 0 Å². The van der Waals surface area contributed by atoms with Crippen molar-refractivity contribution in [1.29, 1.82) is 0 Å². The van der Waals surface area contributed by atoms with E-state index in [0.717, 1.165) is 51.5 Å². The van der Waals surface area contributed by atoms with Crippen molar-refractivity contribution in [3.05, 3.63) is 65.0 Å². The number of hydrogen-bond acceptors (Lipinski definition) is 5. The Morgan fingerprint density at radius 1 is 1.11 bits per heavy atom. The van der Waals surface area contributed by atoms with Crippen molar-refractivity contribution in [3.63, 3.8) is 0 Å². The lowest BCUT2D eigenvalue weighted by Gasteiger charge is -2.19. The smallest absolute Gasteiger partial charge is 0.138 e. The van der Waals surface area contributed by atoms with Crippen LogP contribution in [0.4, 0.5) is 11.5 Å². The Kier molecular flexibility index (Phi) is 5.27. The van der Waals surface area contributed by atoms with Crippen LogP contribution in [0.15, 0.2) is 42.5 Å². The maximum atomic E-state index is 6.05. The molecule has 1 aliphatic rings. The molecule has 4 nitrogen and oxygen atoms in total. The zero-order valence-electron chi connectivity index (χ0n) is 16.6. The summed E-state index contributed by atoms with van der Waals surface area (Å²) in [5.74, 6) is 3.93. The number of aryl methyl sites for hydroxylation is 2. The van der Waals surface area contributed by atoms with E-state index in [0.29, 0.717) is 0 Å². The monoisotopic (exact) mass is 390 g/mol. The number of nitrogens with one attached hydrogen (secondary N) is 1. The van der Waals surface area contributed by atoms with Gasteiger partial charge in [0.25, 0.3) is 0 Å². The molecule has 0 fully saturated rings. The van der Waals surface area contributed by atoms with E-state index in [1.54, 1.807) is 0 Å². The van der Waals surface area contributed by atoms with Gasteiger partial charge in [-0.1, -0.05) is 18.2 Å². The van der Waals surface area contributed by atoms with Crippen LogP contribution in [0.5, 0.6) is 0 Å². The number of nitrogens with zero attached hydrogens (tertiary/aromatic N) is 2. The van der Waals surface area contributed by atoms with Crippen LogP contribution < -0.4 is 11.1 Å². The van der Waals surface area contributed by atoms with E-state index in [-0.39, 0.29) is 6.04 Å². The predicted octanol–water partition coefficient (Wildman–Crippen LogP) is 5.52. The lowest BCUT2D eigenvalue weighted by atomic mass is 10.0. The predicted molar refractivity (Wildman–Crippen MR) is 122 cm³/mol. The van der Waals surface area contributed by atoms with Crippen molar-refractivity contribution < 1.29 is 0 Å². The summed E-state index contributed by atoms with van der Waals surface area (Å²) in [5.41, 5.74) is 12.8. The van der Waals surface area contributed by atoms with Crippen molar-refractivity contribution in [2.75, 3.05) is 22.6 Å². The maximum Gasteiger partial charge on any atom is 0.138 e. The molecule has 0 bridgehead atoms. The quantitative estimate of drug-likeness (QED) is 0.574. The molecule has 0 spiro atoms. The number of nitrogen functional groups attached to an aromatic ring is 1. The molecule has 0 radical (unpaired) electrons. The van der Waals surface area contributed by atoms with Gasteiger partial charge in [0, 0.05) is 16.8 Å². The molecule has 0 saturated carbocycles. The van der Waals surface area contributed by atoms with E-state index in [2.05, 4.69) is 54.5 Å². The highest BCUT2D eigenvalue weighted by Crippen LogP contribution is 2.31. The van der Waals surface area contributed by atoms with Crippen LogP contribution in [-0.2, 0) is 0 Å². The van der Waals surface area contributed by atoms with Gasteiger partial charge in [-0.05, 0) is 79.5 Å². The summed E-state index contributed by atoms with van der Waals surface area (Å²) >= 11 is 1.99. The van der Waals surface area contributed by atoms with Gasteiger partial charge in [0.2, 0.25) is 0 Å². The van der Waals surface area contributed by atoms with Gasteiger partial charge in [-0.2, -0.15) is 11.8 Å². The number of benzene rings is 2. The molecule has 1 aromatic heterocycles. The Bertz CT molecular complexity index is 1040. The number of hydrogen-bond donors (Lipinski definition) is 2. The molecular formula is C23H26N4S. The molecule has 1 atom stereocenters. The molecule has 0 unspecified atom stereocenters. The molecule has 1 aliphatic heterocycles. The maximum absolute atomic E-state index is 6.05. The molecule has 144 valence electrons. The first kappa shape index (κ1) is 18.8. The average Bonchev–Trinajstić information content (AvgIpc) is 2.67. The molecule has 2 heterocycles. The van der Waals surface area contributed by atoms with Gasteiger partial charge >= 0.3 is 0 Å². The van der Waals surface area contributed by atoms with Gasteiger partial charge in [0.15, 0.2) is 0 Å². The Labute approximate surface area is 170 Å². The lowest BCUT2D eigenvalue weighted by Crippen LogP contribution is -2.10. The fourth-order valence-electron chi connectivity index (χ4n) is 3.73. The minimum Gasteiger partial charge on any atom is -0.399 e. The molecule has 0 amide bonds. The Morgan fingerprint density at radius 2 is 1.96 bits per heavy atom. The summed E-state index contributed by atoms with van der Waals surface area (Å²) in [7, 11) is 0. The average molecular weight is 391 g/mol. The van der Waals surface area contributed by atoms with Crippen molar-refractivity contribution in [1.82, 2.24) is 9.97 Å². The summed E-state index contributed by atoms with van der Waals surface area (Å²) in [6.07, 6.45) is 3.46. The summed E-state index contributed by atoms with van der Waals surface area (Å²) in [6, 6.07) is 12.8. The van der Waals surface area contributed by atoms with Gasteiger partial charge in [-0.25, -0.2) is 9.97 Å². The first-order chi connectivity index (χ1) is 13.5. The Morgan fingerprint density at radius 3 is 2.71 bits per heavy atom. The van der Waals surface area contributed by atoms with Crippen LogP contribution in [0, 0.1) is 13.8 Å². The van der Waals surface area contributed by atoms with Crippen molar-refractivity contribution in [2.45, 2.75) is 33.2 Å². The van der Waals surface area contributed by atoms with E-state index < -0.39 is 0 Å². The Hall–Kier alpha value is -2.53. The van der Waals surface area contributed by atoms with Gasteiger partial charge in [0.1, 0.15) is 11.6 Å². The molecule has 2 aromatic carbocycles. The summed E-state index contributed by atoms with van der Waals surface area (Å²) in [6.45, 7) is 6.15. The highest BCUT2D eigenvalue weighted by Gasteiger charge is 2.14. The first-order valence-corrected chi connectivity index (χ1v) is 10.8. The van der Waals surface area contributed by atoms with Crippen molar-refractivity contribution in [2.24, 2.45) is 0 Å². The zero-order chi connectivity index (χ0) is 19.7. The second-order valence-corrected chi connectivity index (χ2v) is 8.60. The number of allylic oxidation sites excluding steroid dienone is 1. The topological polar surface area (TPSA) is 63.8 Å². The van der Waals surface area contributed by atoms with Crippen LogP contribution in [0.2, 0.25) is 0 Å². The van der Waals surface area contributed by atoms with Crippen LogP contribution in [0.1, 0.15) is 41.9 Å². The zero-order valence-corrected chi connectivity index (χ0v) is 17.4. The van der Waals surface area contributed by atoms with Crippen molar-refractivity contribution in [3.8, 4) is 0 Å². The molecule has 3 aromatic rings. The van der Waals surface area contributed by atoms with Crippen LogP contribution in [0.25, 0.3) is 16.5 Å². The van der Waals surface area contributed by atoms with E-state index in [4.69, 9.17) is 10.7 Å². The van der Waals surface area contributed by atoms with Crippen LogP contribution >= 0.6 is 11.8 Å². The molecule has 3 N–H and O–H groups in total. The van der Waals surface area contributed by atoms with E-state index in [1.165, 1.54) is 16.9 Å². The lowest BCUT2D eigenvalue weighted by molar-refractivity contribution is 0.871. The highest BCUT2D eigenvalue weighted by atomic mass is 32.2. The van der Waals surface area contributed by atoms with Gasteiger partial charge in [-0.3, -0.25) is 0 Å². The summed E-state index contributed by atoms with van der Waals surface area (Å²) < 4.78 is 0. The number of anilines is 2. The highest BCUT2D eigenvalue weighted by molar-refractivity contribution is 7.99. The molecule has 4 rings (SSSR count).